The SMILES string of the molecule is CO[C@H]1CC[C@H]([C@@H]2CCN(C(=O)[C@H]3CC[C@H]([C@@H](CF)NC(=O)OC(C)(C)C)CC3)[C@@H]2C(=O)Nc2ccc3[nH]c(C(=O)O)cc3c2)CC1. The minimum atomic E-state index is -1.06. The lowest BCUT2D eigenvalue weighted by Crippen LogP contribution is -2.50. The Kier molecular flexibility index (Phi) is 10.8. The molecule has 258 valence electrons. The van der Waals surface area contributed by atoms with Gasteiger partial charge in [0.1, 0.15) is 24.0 Å². The van der Waals surface area contributed by atoms with E-state index in [2.05, 4.69) is 15.6 Å². The molecule has 2 heterocycles. The van der Waals surface area contributed by atoms with Gasteiger partial charge in [-0.3, -0.25) is 9.59 Å². The van der Waals surface area contributed by atoms with Gasteiger partial charge in [0, 0.05) is 36.2 Å². The number of carboxylic acid groups (broad SMARTS) is 1. The Morgan fingerprint density at radius 2 is 1.72 bits per heavy atom. The number of carbonyl (C=O) groups is 4. The van der Waals surface area contributed by atoms with E-state index in [1.54, 1.807) is 51.0 Å². The van der Waals surface area contributed by atoms with Gasteiger partial charge in [0.2, 0.25) is 11.8 Å². The zero-order chi connectivity index (χ0) is 33.9. The lowest BCUT2D eigenvalue weighted by atomic mass is 9.75. The maximum absolute atomic E-state index is 14.1. The largest absolute Gasteiger partial charge is 0.477 e. The Morgan fingerprint density at radius 1 is 1.02 bits per heavy atom. The van der Waals surface area contributed by atoms with Crippen molar-refractivity contribution in [2.45, 2.75) is 102 Å². The van der Waals surface area contributed by atoms with E-state index >= 15 is 0 Å². The summed E-state index contributed by atoms with van der Waals surface area (Å²) < 4.78 is 24.9. The van der Waals surface area contributed by atoms with Crippen LogP contribution in [0.15, 0.2) is 24.3 Å². The Bertz CT molecular complexity index is 1440. The Balaban J connectivity index is 1.28. The predicted molar refractivity (Wildman–Crippen MR) is 175 cm³/mol. The smallest absolute Gasteiger partial charge is 0.407 e. The van der Waals surface area contributed by atoms with E-state index in [-0.39, 0.29) is 41.4 Å². The van der Waals surface area contributed by atoms with Crippen molar-refractivity contribution >= 4 is 40.5 Å². The number of fused-ring (bicyclic) bond motifs is 1. The molecule has 1 aliphatic heterocycles. The lowest BCUT2D eigenvalue weighted by Gasteiger charge is -2.38. The number of benzene rings is 1. The van der Waals surface area contributed by atoms with Gasteiger partial charge in [-0.05, 0) is 121 Å². The molecule has 3 atom stereocenters. The molecular weight excluding hydrogens is 607 g/mol. The summed E-state index contributed by atoms with van der Waals surface area (Å²) >= 11 is 0. The third-order valence-corrected chi connectivity index (χ3v) is 10.3. The molecule has 3 amide bonds. The van der Waals surface area contributed by atoms with Crippen LogP contribution in [0.1, 0.15) is 89.0 Å². The minimum Gasteiger partial charge on any atom is -0.477 e. The molecule has 5 rings (SSSR count). The molecule has 2 aliphatic carbocycles. The second-order valence-corrected chi connectivity index (χ2v) is 14.5. The number of likely N-dealkylation sites (tertiary alicyclic amines) is 1. The van der Waals surface area contributed by atoms with E-state index in [9.17, 15) is 28.7 Å². The molecule has 1 aromatic heterocycles. The van der Waals surface area contributed by atoms with Gasteiger partial charge in [-0.2, -0.15) is 0 Å². The fraction of sp³-hybridized carbons (Fsp3) is 0.657. The number of aromatic carboxylic acids is 1. The number of anilines is 1. The fourth-order valence-corrected chi connectivity index (χ4v) is 7.93. The number of ether oxygens (including phenoxy) is 2. The monoisotopic (exact) mass is 656 g/mol. The molecular formula is C35H49FN4O7. The van der Waals surface area contributed by atoms with Crippen LogP contribution in [0, 0.1) is 23.7 Å². The molecule has 0 spiro atoms. The molecule has 3 aliphatic rings. The van der Waals surface area contributed by atoms with Crippen molar-refractivity contribution in [3.63, 3.8) is 0 Å². The number of aromatic nitrogens is 1. The van der Waals surface area contributed by atoms with Gasteiger partial charge in [0.05, 0.1) is 12.1 Å². The quantitative estimate of drug-likeness (QED) is 0.263. The van der Waals surface area contributed by atoms with Crippen LogP contribution >= 0.6 is 0 Å². The third-order valence-electron chi connectivity index (χ3n) is 10.3. The number of nitrogens with one attached hydrogen (secondary N) is 3. The second kappa shape index (κ2) is 14.6. The van der Waals surface area contributed by atoms with Crippen LogP contribution in [-0.4, -0.2) is 83.0 Å². The van der Waals surface area contributed by atoms with E-state index in [0.717, 1.165) is 32.1 Å². The van der Waals surface area contributed by atoms with Gasteiger partial charge in [0.15, 0.2) is 0 Å². The first kappa shape index (κ1) is 34.7. The Labute approximate surface area is 275 Å². The summed E-state index contributed by atoms with van der Waals surface area (Å²) in [6.07, 6.45) is 6.31. The molecule has 12 heteroatoms. The predicted octanol–water partition coefficient (Wildman–Crippen LogP) is 5.90. The normalized spacial score (nSPS) is 27.3. The summed E-state index contributed by atoms with van der Waals surface area (Å²) in [4.78, 5) is 56.6. The van der Waals surface area contributed by atoms with Gasteiger partial charge in [0.25, 0.3) is 0 Å². The molecule has 0 unspecified atom stereocenters. The van der Waals surface area contributed by atoms with Crippen molar-refractivity contribution in [2.75, 3.05) is 25.6 Å². The number of hydrogen-bond acceptors (Lipinski definition) is 6. The number of nitrogens with zero attached hydrogens (tertiary/aromatic N) is 1. The number of aromatic amines is 1. The standard InChI is InChI=1S/C35H49FN4O7/c1-35(2,3)47-34(45)39-29(19-36)21-5-7-22(8-6-21)32(42)40-16-15-26(20-9-12-25(46-4)13-10-20)30(40)31(41)37-24-11-14-27-23(17-24)18-28(38-27)33(43)44/h11,14,17-18,20-22,25-26,29-30,38H,5-10,12-13,15-16,19H2,1-4H3,(H,37,41)(H,39,45)(H,43,44)/t20-,21-,22-,25-,26-,29+,30-/m0/s1. The highest BCUT2D eigenvalue weighted by Crippen LogP contribution is 2.42. The highest BCUT2D eigenvalue weighted by atomic mass is 19.1. The number of carboxylic acids is 1. The molecule has 47 heavy (non-hydrogen) atoms. The molecule has 1 aromatic carbocycles. The average molecular weight is 657 g/mol. The van der Waals surface area contributed by atoms with E-state index in [1.165, 1.54) is 6.07 Å². The van der Waals surface area contributed by atoms with E-state index in [1.807, 2.05) is 0 Å². The first-order chi connectivity index (χ1) is 22.4. The van der Waals surface area contributed by atoms with Gasteiger partial charge in [-0.25, -0.2) is 14.0 Å². The van der Waals surface area contributed by atoms with Crippen molar-refractivity contribution < 1.29 is 38.1 Å². The maximum Gasteiger partial charge on any atom is 0.407 e. The molecule has 2 aromatic rings. The van der Waals surface area contributed by atoms with E-state index in [4.69, 9.17) is 9.47 Å². The molecule has 0 radical (unpaired) electrons. The number of methoxy groups -OCH3 is 1. The van der Waals surface area contributed by atoms with Crippen LogP contribution in [-0.2, 0) is 19.1 Å². The summed E-state index contributed by atoms with van der Waals surface area (Å²) in [5.74, 6) is -1.43. The Morgan fingerprint density at radius 3 is 2.34 bits per heavy atom. The summed E-state index contributed by atoms with van der Waals surface area (Å²) in [6, 6.07) is 5.43. The maximum atomic E-state index is 14.1. The summed E-state index contributed by atoms with van der Waals surface area (Å²) in [5.41, 5.74) is 0.566. The molecule has 2 saturated carbocycles. The second-order valence-electron chi connectivity index (χ2n) is 14.5. The molecule has 0 bridgehead atoms. The van der Waals surface area contributed by atoms with Crippen LogP contribution < -0.4 is 10.6 Å². The van der Waals surface area contributed by atoms with Crippen LogP contribution in [0.2, 0.25) is 0 Å². The summed E-state index contributed by atoms with van der Waals surface area (Å²) in [6.45, 7) is 5.05. The lowest BCUT2D eigenvalue weighted by molar-refractivity contribution is -0.142. The highest BCUT2D eigenvalue weighted by molar-refractivity contribution is 6.00. The summed E-state index contributed by atoms with van der Waals surface area (Å²) in [7, 11) is 1.73. The number of halogens is 1. The van der Waals surface area contributed by atoms with Crippen molar-refractivity contribution in [3.8, 4) is 0 Å². The number of alkyl halides is 1. The number of H-pyrrole nitrogens is 1. The van der Waals surface area contributed by atoms with Crippen LogP contribution in [0.25, 0.3) is 10.9 Å². The molecule has 4 N–H and O–H groups in total. The fourth-order valence-electron chi connectivity index (χ4n) is 7.93. The van der Waals surface area contributed by atoms with Gasteiger partial charge >= 0.3 is 12.1 Å². The molecule has 11 nitrogen and oxygen atoms in total. The Hall–Kier alpha value is -3.67. The van der Waals surface area contributed by atoms with Crippen molar-refractivity contribution in [1.29, 1.82) is 0 Å². The van der Waals surface area contributed by atoms with Crippen molar-refractivity contribution in [3.05, 3.63) is 30.0 Å². The third kappa shape index (κ3) is 8.25. The summed E-state index contributed by atoms with van der Waals surface area (Å²) in [5, 5.41) is 15.7. The van der Waals surface area contributed by atoms with Gasteiger partial charge < -0.3 is 35.1 Å². The zero-order valence-electron chi connectivity index (χ0n) is 27.9. The van der Waals surface area contributed by atoms with E-state index in [0.29, 0.717) is 54.7 Å². The van der Waals surface area contributed by atoms with Crippen LogP contribution in [0.4, 0.5) is 14.9 Å². The molecule has 1 saturated heterocycles. The average Bonchev–Trinajstić information content (AvgIpc) is 3.68. The van der Waals surface area contributed by atoms with Gasteiger partial charge in [-0.15, -0.1) is 0 Å². The topological polar surface area (TPSA) is 150 Å². The van der Waals surface area contributed by atoms with Crippen LogP contribution in [0.3, 0.4) is 0 Å². The minimum absolute atomic E-state index is 0.0108. The van der Waals surface area contributed by atoms with Crippen molar-refractivity contribution in [2.24, 2.45) is 23.7 Å². The van der Waals surface area contributed by atoms with Crippen molar-refractivity contribution in [1.82, 2.24) is 15.2 Å². The number of carbonyl (C=O) groups excluding carboxylic acids is 3. The molecule has 3 fully saturated rings. The van der Waals surface area contributed by atoms with Gasteiger partial charge in [-0.1, -0.05) is 0 Å². The first-order valence-electron chi connectivity index (χ1n) is 16.9. The van der Waals surface area contributed by atoms with Crippen LogP contribution in [0.5, 0.6) is 0 Å². The van der Waals surface area contributed by atoms with E-state index < -0.39 is 36.4 Å². The highest BCUT2D eigenvalue weighted by Gasteiger charge is 2.47. The first-order valence-corrected chi connectivity index (χ1v) is 16.9. The number of hydrogen-bond donors (Lipinski definition) is 4. The number of rotatable bonds is 9. The zero-order valence-corrected chi connectivity index (χ0v) is 27.9. The number of amides is 3. The number of alkyl carbamates (subject to hydrolysis) is 1.